The summed E-state index contributed by atoms with van der Waals surface area (Å²) in [6, 6.07) is 13.3. The van der Waals surface area contributed by atoms with Gasteiger partial charge in [0.05, 0.1) is 24.8 Å². The molecule has 9 heteroatoms. The Morgan fingerprint density at radius 1 is 1.11 bits per heavy atom. The van der Waals surface area contributed by atoms with Gasteiger partial charge in [-0.2, -0.15) is 13.2 Å². The van der Waals surface area contributed by atoms with E-state index in [0.717, 1.165) is 54.5 Å². The van der Waals surface area contributed by atoms with E-state index in [1.807, 2.05) is 13.0 Å². The number of benzene rings is 2. The minimum Gasteiger partial charge on any atom is -0.469 e. The molecule has 0 amide bonds. The maximum absolute atomic E-state index is 13.8. The van der Waals surface area contributed by atoms with Crippen LogP contribution in [0.25, 0.3) is 0 Å². The van der Waals surface area contributed by atoms with Gasteiger partial charge >= 0.3 is 12.1 Å². The SMILES string of the molecule is COC(=O)Cc1ccccc1CCc1nc(Nc2ccc(C3CCN(C)CC3)cc2C)ncc1C(F)(F)F. The summed E-state index contributed by atoms with van der Waals surface area (Å²) in [4.78, 5) is 22.3. The van der Waals surface area contributed by atoms with Crippen molar-refractivity contribution >= 4 is 17.6 Å². The number of alkyl halides is 3. The Balaban J connectivity index is 1.53. The quantitative estimate of drug-likeness (QED) is 0.371. The minimum absolute atomic E-state index is 0.0400. The number of aromatic nitrogens is 2. The maximum Gasteiger partial charge on any atom is 0.419 e. The van der Waals surface area contributed by atoms with Crippen molar-refractivity contribution in [2.24, 2.45) is 0 Å². The predicted octanol–water partition coefficient (Wildman–Crippen LogP) is 5.86. The molecule has 3 aromatic rings. The van der Waals surface area contributed by atoms with Gasteiger partial charge in [-0.1, -0.05) is 36.4 Å². The fourth-order valence-corrected chi connectivity index (χ4v) is 4.90. The number of carbonyl (C=O) groups is 1. The number of hydrogen-bond donors (Lipinski definition) is 1. The molecule has 1 aliphatic rings. The number of halogens is 3. The molecule has 1 fully saturated rings. The third-order valence-corrected chi connectivity index (χ3v) is 7.17. The van der Waals surface area contributed by atoms with Crippen LogP contribution in [0.1, 0.15) is 52.3 Å². The third kappa shape index (κ3) is 6.89. The molecule has 4 rings (SSSR count). The molecule has 0 unspecified atom stereocenters. The second-order valence-corrected chi connectivity index (χ2v) is 9.85. The van der Waals surface area contributed by atoms with Crippen LogP contribution in [0, 0.1) is 6.92 Å². The number of nitrogens with zero attached hydrogens (tertiary/aromatic N) is 3. The van der Waals surface area contributed by atoms with Crippen LogP contribution in [0.2, 0.25) is 0 Å². The molecule has 202 valence electrons. The molecule has 0 bridgehead atoms. The van der Waals surface area contributed by atoms with E-state index < -0.39 is 17.7 Å². The van der Waals surface area contributed by atoms with Crippen molar-refractivity contribution in [1.29, 1.82) is 0 Å². The lowest BCUT2D eigenvalue weighted by Gasteiger charge is -2.29. The van der Waals surface area contributed by atoms with E-state index in [4.69, 9.17) is 4.74 Å². The molecule has 0 aliphatic carbocycles. The molecule has 0 saturated carbocycles. The summed E-state index contributed by atoms with van der Waals surface area (Å²) >= 11 is 0. The lowest BCUT2D eigenvalue weighted by Crippen LogP contribution is -2.29. The second kappa shape index (κ2) is 11.9. The van der Waals surface area contributed by atoms with Crippen LogP contribution < -0.4 is 5.32 Å². The van der Waals surface area contributed by atoms with Crippen molar-refractivity contribution in [2.45, 2.75) is 51.1 Å². The zero-order valence-corrected chi connectivity index (χ0v) is 21.9. The van der Waals surface area contributed by atoms with Gasteiger partial charge in [0.15, 0.2) is 0 Å². The lowest BCUT2D eigenvalue weighted by atomic mass is 9.88. The molecule has 2 heterocycles. The highest BCUT2D eigenvalue weighted by molar-refractivity contribution is 5.72. The van der Waals surface area contributed by atoms with Gasteiger partial charge in [0.25, 0.3) is 0 Å². The van der Waals surface area contributed by atoms with Crippen molar-refractivity contribution in [2.75, 3.05) is 32.6 Å². The topological polar surface area (TPSA) is 67.3 Å². The number of hydrogen-bond acceptors (Lipinski definition) is 6. The second-order valence-electron chi connectivity index (χ2n) is 9.85. The summed E-state index contributed by atoms with van der Waals surface area (Å²) < 4.78 is 46.1. The van der Waals surface area contributed by atoms with Gasteiger partial charge in [0.2, 0.25) is 5.95 Å². The number of aryl methyl sites for hydroxylation is 3. The number of anilines is 2. The molecular formula is C29H33F3N4O2. The van der Waals surface area contributed by atoms with Crippen LogP contribution in [0.4, 0.5) is 24.8 Å². The van der Waals surface area contributed by atoms with Crippen LogP contribution in [0.15, 0.2) is 48.7 Å². The molecule has 1 N–H and O–H groups in total. The standard InChI is InChI=1S/C29H33F3N4O2/c1-19-16-23(21-12-14-36(2)15-13-21)9-10-25(19)34-28-33-18-24(29(30,31)32)26(35-28)11-8-20-6-4-5-7-22(20)17-27(37)38-3/h4-7,9-10,16,18,21H,8,11-15,17H2,1-3H3,(H,33,34,35). The van der Waals surface area contributed by atoms with Gasteiger partial charge in [0, 0.05) is 11.9 Å². The maximum atomic E-state index is 13.8. The third-order valence-electron chi connectivity index (χ3n) is 7.17. The van der Waals surface area contributed by atoms with Crippen LogP contribution >= 0.6 is 0 Å². The molecule has 6 nitrogen and oxygen atoms in total. The molecule has 0 spiro atoms. The van der Waals surface area contributed by atoms with Crippen molar-refractivity contribution in [3.05, 3.63) is 82.2 Å². The summed E-state index contributed by atoms with van der Waals surface area (Å²) in [5.41, 5.74) is 3.58. The highest BCUT2D eigenvalue weighted by atomic mass is 19.4. The Morgan fingerprint density at radius 3 is 2.47 bits per heavy atom. The van der Waals surface area contributed by atoms with Crippen LogP contribution in [0.5, 0.6) is 0 Å². The largest absolute Gasteiger partial charge is 0.469 e. The molecule has 1 aromatic heterocycles. The van der Waals surface area contributed by atoms with E-state index in [1.54, 1.807) is 24.3 Å². The summed E-state index contributed by atoms with van der Waals surface area (Å²) in [5, 5.41) is 3.11. The smallest absolute Gasteiger partial charge is 0.419 e. The normalized spacial score (nSPS) is 14.9. The molecular weight excluding hydrogens is 493 g/mol. The molecule has 0 radical (unpaired) electrons. The minimum atomic E-state index is -4.58. The van der Waals surface area contributed by atoms with Crippen molar-refractivity contribution in [3.63, 3.8) is 0 Å². The lowest BCUT2D eigenvalue weighted by molar-refractivity contribution is -0.140. The predicted molar refractivity (Wildman–Crippen MR) is 141 cm³/mol. The van der Waals surface area contributed by atoms with Crippen LogP contribution in [0.3, 0.4) is 0 Å². The van der Waals surface area contributed by atoms with Crippen molar-refractivity contribution in [3.8, 4) is 0 Å². The van der Waals surface area contributed by atoms with Gasteiger partial charge in [-0.25, -0.2) is 9.97 Å². The average Bonchev–Trinajstić information content (AvgIpc) is 2.89. The van der Waals surface area contributed by atoms with Gasteiger partial charge in [-0.05, 0) is 87.0 Å². The molecule has 2 aromatic carbocycles. The fraction of sp³-hybridized carbons (Fsp3) is 0.414. The zero-order valence-electron chi connectivity index (χ0n) is 21.9. The first-order valence-corrected chi connectivity index (χ1v) is 12.8. The summed E-state index contributed by atoms with van der Waals surface area (Å²) in [6.45, 7) is 4.11. The number of rotatable bonds is 8. The summed E-state index contributed by atoms with van der Waals surface area (Å²) in [7, 11) is 3.44. The van der Waals surface area contributed by atoms with E-state index in [1.165, 1.54) is 12.7 Å². The fourth-order valence-electron chi connectivity index (χ4n) is 4.90. The number of ether oxygens (including phenoxy) is 1. The van der Waals surface area contributed by atoms with Crippen LogP contribution in [-0.4, -0.2) is 48.1 Å². The number of methoxy groups -OCH3 is 1. The van der Waals surface area contributed by atoms with E-state index >= 15 is 0 Å². The molecule has 1 aliphatic heterocycles. The van der Waals surface area contributed by atoms with E-state index in [0.29, 0.717) is 5.92 Å². The van der Waals surface area contributed by atoms with Crippen molar-refractivity contribution in [1.82, 2.24) is 14.9 Å². The Bertz CT molecular complexity index is 1270. The van der Waals surface area contributed by atoms with E-state index in [-0.39, 0.29) is 30.9 Å². The highest BCUT2D eigenvalue weighted by Gasteiger charge is 2.35. The van der Waals surface area contributed by atoms with Gasteiger partial charge in [-0.15, -0.1) is 0 Å². The van der Waals surface area contributed by atoms with Gasteiger partial charge in [0.1, 0.15) is 0 Å². The van der Waals surface area contributed by atoms with Gasteiger partial charge < -0.3 is 15.0 Å². The first kappa shape index (κ1) is 27.6. The van der Waals surface area contributed by atoms with E-state index in [9.17, 15) is 18.0 Å². The first-order chi connectivity index (χ1) is 18.1. The zero-order chi connectivity index (χ0) is 27.3. The summed E-state index contributed by atoms with van der Waals surface area (Å²) in [5.74, 6) is 0.222. The van der Waals surface area contributed by atoms with Crippen molar-refractivity contribution < 1.29 is 22.7 Å². The summed E-state index contributed by atoms with van der Waals surface area (Å²) in [6.07, 6.45) is -1.14. The number of nitrogens with one attached hydrogen (secondary N) is 1. The molecule has 38 heavy (non-hydrogen) atoms. The Morgan fingerprint density at radius 2 is 1.82 bits per heavy atom. The molecule has 0 atom stereocenters. The first-order valence-electron chi connectivity index (χ1n) is 12.8. The number of likely N-dealkylation sites (tertiary alicyclic amines) is 1. The number of piperidine rings is 1. The van der Waals surface area contributed by atoms with Gasteiger partial charge in [-0.3, -0.25) is 4.79 Å². The Hall–Kier alpha value is -3.46. The average molecular weight is 527 g/mol. The monoisotopic (exact) mass is 526 g/mol. The Kier molecular flexibility index (Phi) is 8.66. The molecule has 1 saturated heterocycles. The number of esters is 1. The van der Waals surface area contributed by atoms with Crippen LogP contribution in [-0.2, 0) is 35.0 Å². The highest BCUT2D eigenvalue weighted by Crippen LogP contribution is 2.33. The van der Waals surface area contributed by atoms with E-state index in [2.05, 4.69) is 39.4 Å². The Labute approximate surface area is 221 Å². The number of carbonyl (C=O) groups excluding carboxylic acids is 1.